The number of rotatable bonds is 2. The molecule has 0 unspecified atom stereocenters. The molecule has 1 aromatic carbocycles. The van der Waals surface area contributed by atoms with Gasteiger partial charge in [-0.1, -0.05) is 31.2 Å². The van der Waals surface area contributed by atoms with Gasteiger partial charge in [-0.15, -0.1) is 0 Å². The minimum Gasteiger partial charge on any atom is -0.339 e. The van der Waals surface area contributed by atoms with Crippen molar-refractivity contribution in [2.24, 2.45) is 5.92 Å². The second-order valence-electron chi connectivity index (χ2n) is 7.19. The van der Waals surface area contributed by atoms with Crippen LogP contribution >= 0.6 is 0 Å². The van der Waals surface area contributed by atoms with Crippen LogP contribution in [-0.4, -0.2) is 40.4 Å². The van der Waals surface area contributed by atoms with Crippen LogP contribution in [0.2, 0.25) is 0 Å². The predicted molar refractivity (Wildman–Crippen MR) is 97.5 cm³/mol. The molecule has 25 heavy (non-hydrogen) atoms. The van der Waals surface area contributed by atoms with Gasteiger partial charge in [-0.2, -0.15) is 0 Å². The molecule has 0 N–H and O–H groups in total. The highest BCUT2D eigenvalue weighted by Gasteiger charge is 2.23. The highest BCUT2D eigenvalue weighted by molar-refractivity contribution is 5.93. The number of amides is 1. The Balaban J connectivity index is 1.45. The van der Waals surface area contributed by atoms with E-state index in [1.54, 1.807) is 12.4 Å². The van der Waals surface area contributed by atoms with Crippen LogP contribution < -0.4 is 4.90 Å². The first-order valence-electron chi connectivity index (χ1n) is 9.14. The van der Waals surface area contributed by atoms with E-state index >= 15 is 0 Å². The number of hydrogen-bond donors (Lipinski definition) is 0. The van der Waals surface area contributed by atoms with Gasteiger partial charge in [0.2, 0.25) is 5.95 Å². The summed E-state index contributed by atoms with van der Waals surface area (Å²) in [4.78, 5) is 25.6. The van der Waals surface area contributed by atoms with Gasteiger partial charge in [-0.05, 0) is 36.3 Å². The van der Waals surface area contributed by atoms with Gasteiger partial charge in [-0.3, -0.25) is 4.79 Å². The largest absolute Gasteiger partial charge is 0.339 e. The predicted octanol–water partition coefficient (Wildman–Crippen LogP) is 2.91. The number of benzene rings is 1. The van der Waals surface area contributed by atoms with E-state index in [1.165, 1.54) is 11.1 Å². The van der Waals surface area contributed by atoms with Gasteiger partial charge in [0.05, 0.1) is 5.56 Å². The zero-order valence-electron chi connectivity index (χ0n) is 14.7. The third kappa shape index (κ3) is 3.36. The molecule has 1 amide bonds. The molecule has 0 atom stereocenters. The normalized spacial score (nSPS) is 18.1. The molecular formula is C20H24N4O. The van der Waals surface area contributed by atoms with Crippen LogP contribution in [0.4, 0.5) is 5.95 Å². The van der Waals surface area contributed by atoms with Crippen molar-refractivity contribution in [1.82, 2.24) is 14.9 Å². The summed E-state index contributed by atoms with van der Waals surface area (Å²) in [6, 6.07) is 8.52. The number of carbonyl (C=O) groups excluding carboxylic acids is 1. The summed E-state index contributed by atoms with van der Waals surface area (Å²) in [5, 5.41) is 0. The number of aromatic nitrogens is 2. The highest BCUT2D eigenvalue weighted by Crippen LogP contribution is 2.22. The van der Waals surface area contributed by atoms with E-state index in [0.29, 0.717) is 17.4 Å². The number of likely N-dealkylation sites (tertiary alicyclic amines) is 1. The van der Waals surface area contributed by atoms with Crippen LogP contribution in [0.5, 0.6) is 0 Å². The summed E-state index contributed by atoms with van der Waals surface area (Å²) in [5.74, 6) is 1.48. The fourth-order valence-corrected chi connectivity index (χ4v) is 3.66. The molecule has 130 valence electrons. The Bertz CT molecular complexity index is 751. The second kappa shape index (κ2) is 6.82. The zero-order chi connectivity index (χ0) is 17.2. The fraction of sp³-hybridized carbons (Fsp3) is 0.450. The molecule has 1 fully saturated rings. The molecule has 1 saturated heterocycles. The van der Waals surface area contributed by atoms with Crippen molar-refractivity contribution in [3.05, 3.63) is 53.3 Å². The highest BCUT2D eigenvalue weighted by atomic mass is 16.2. The van der Waals surface area contributed by atoms with E-state index in [-0.39, 0.29) is 5.91 Å². The minimum atomic E-state index is 0.0578. The smallest absolute Gasteiger partial charge is 0.256 e. The molecule has 4 rings (SSSR count). The van der Waals surface area contributed by atoms with Gasteiger partial charge in [0, 0.05) is 38.6 Å². The molecule has 1 aromatic heterocycles. The van der Waals surface area contributed by atoms with Crippen molar-refractivity contribution in [2.45, 2.75) is 32.7 Å². The number of carbonyl (C=O) groups is 1. The van der Waals surface area contributed by atoms with Crippen molar-refractivity contribution < 1.29 is 4.79 Å². The molecule has 0 radical (unpaired) electrons. The number of hydrogen-bond acceptors (Lipinski definition) is 4. The first-order valence-corrected chi connectivity index (χ1v) is 9.14. The molecule has 0 bridgehead atoms. The first kappa shape index (κ1) is 16.1. The average Bonchev–Trinajstić information content (AvgIpc) is 2.68. The second-order valence-corrected chi connectivity index (χ2v) is 7.19. The maximum absolute atomic E-state index is 12.6. The third-order valence-corrected chi connectivity index (χ3v) is 5.37. The molecule has 2 aliphatic heterocycles. The van der Waals surface area contributed by atoms with Crippen LogP contribution in [0, 0.1) is 5.92 Å². The van der Waals surface area contributed by atoms with Gasteiger partial charge >= 0.3 is 0 Å². The van der Waals surface area contributed by atoms with E-state index in [4.69, 9.17) is 0 Å². The van der Waals surface area contributed by atoms with Crippen molar-refractivity contribution in [3.8, 4) is 0 Å². The number of nitrogens with zero attached hydrogens (tertiary/aromatic N) is 4. The van der Waals surface area contributed by atoms with E-state index < -0.39 is 0 Å². The quantitative estimate of drug-likeness (QED) is 0.846. The minimum absolute atomic E-state index is 0.0578. The Labute approximate surface area is 148 Å². The van der Waals surface area contributed by atoms with Gasteiger partial charge in [0.25, 0.3) is 5.91 Å². The maximum Gasteiger partial charge on any atom is 0.256 e. The summed E-state index contributed by atoms with van der Waals surface area (Å²) in [6.07, 6.45) is 6.54. The van der Waals surface area contributed by atoms with E-state index in [2.05, 4.69) is 46.1 Å². The standard InChI is InChI=1S/C20H24N4O/c1-15-6-9-23(10-7-15)19(25)18-12-21-20(22-13-18)24-11-8-16-4-2-3-5-17(16)14-24/h2-5,12-13,15H,6-11,14H2,1H3. The lowest BCUT2D eigenvalue weighted by Crippen LogP contribution is -2.38. The molecular weight excluding hydrogens is 312 g/mol. The van der Waals surface area contributed by atoms with Crippen LogP contribution in [0.25, 0.3) is 0 Å². The zero-order valence-corrected chi connectivity index (χ0v) is 14.7. The summed E-state index contributed by atoms with van der Waals surface area (Å²) < 4.78 is 0. The lowest BCUT2D eigenvalue weighted by atomic mass is 9.99. The Morgan fingerprint density at radius 3 is 2.44 bits per heavy atom. The number of anilines is 1. The molecule has 0 saturated carbocycles. The van der Waals surface area contributed by atoms with Crippen molar-refractivity contribution >= 4 is 11.9 Å². The summed E-state index contributed by atoms with van der Waals surface area (Å²) in [7, 11) is 0. The van der Waals surface area contributed by atoms with E-state index in [0.717, 1.165) is 45.4 Å². The third-order valence-electron chi connectivity index (χ3n) is 5.37. The maximum atomic E-state index is 12.6. The van der Waals surface area contributed by atoms with E-state index in [9.17, 15) is 4.79 Å². The van der Waals surface area contributed by atoms with Crippen LogP contribution in [0.1, 0.15) is 41.3 Å². The van der Waals surface area contributed by atoms with Crippen LogP contribution in [0.15, 0.2) is 36.7 Å². The summed E-state index contributed by atoms with van der Waals surface area (Å²) >= 11 is 0. The van der Waals surface area contributed by atoms with Crippen molar-refractivity contribution in [3.63, 3.8) is 0 Å². The Morgan fingerprint density at radius 1 is 1.04 bits per heavy atom. The molecule has 0 aliphatic carbocycles. The first-order chi connectivity index (χ1) is 12.2. The lowest BCUT2D eigenvalue weighted by Gasteiger charge is -2.30. The Morgan fingerprint density at radius 2 is 1.72 bits per heavy atom. The SMILES string of the molecule is CC1CCN(C(=O)c2cnc(N3CCc4ccccc4C3)nc2)CC1. The Hall–Kier alpha value is -2.43. The van der Waals surface area contributed by atoms with E-state index in [1.807, 2.05) is 4.90 Å². The molecule has 2 aliphatic rings. The molecule has 5 heteroatoms. The number of piperidine rings is 1. The van der Waals surface area contributed by atoms with Gasteiger partial charge < -0.3 is 9.80 Å². The van der Waals surface area contributed by atoms with Crippen LogP contribution in [-0.2, 0) is 13.0 Å². The van der Waals surface area contributed by atoms with Gasteiger partial charge in [0.15, 0.2) is 0 Å². The molecule has 3 heterocycles. The van der Waals surface area contributed by atoms with Gasteiger partial charge in [0.1, 0.15) is 0 Å². The molecule has 5 nitrogen and oxygen atoms in total. The summed E-state index contributed by atoms with van der Waals surface area (Å²) in [6.45, 7) is 5.66. The van der Waals surface area contributed by atoms with Gasteiger partial charge in [-0.25, -0.2) is 9.97 Å². The topological polar surface area (TPSA) is 49.3 Å². The molecule has 0 spiro atoms. The van der Waals surface area contributed by atoms with Crippen LogP contribution in [0.3, 0.4) is 0 Å². The van der Waals surface area contributed by atoms with Crippen molar-refractivity contribution in [1.29, 1.82) is 0 Å². The fourth-order valence-electron chi connectivity index (χ4n) is 3.66. The van der Waals surface area contributed by atoms with Crippen molar-refractivity contribution in [2.75, 3.05) is 24.5 Å². The summed E-state index contributed by atoms with van der Waals surface area (Å²) in [5.41, 5.74) is 3.33. The average molecular weight is 336 g/mol. The number of fused-ring (bicyclic) bond motifs is 1. The molecule has 2 aromatic rings. The Kier molecular flexibility index (Phi) is 4.38. The monoisotopic (exact) mass is 336 g/mol. The lowest BCUT2D eigenvalue weighted by molar-refractivity contribution is 0.0696.